The van der Waals surface area contributed by atoms with Crippen molar-refractivity contribution in [2.75, 3.05) is 26.1 Å². The lowest BCUT2D eigenvalue weighted by molar-refractivity contribution is 0.191. The normalized spacial score (nSPS) is 11.6. The Balaban J connectivity index is 2.73. The first-order chi connectivity index (χ1) is 8.21. The van der Waals surface area contributed by atoms with Crippen molar-refractivity contribution in [3.63, 3.8) is 0 Å². The summed E-state index contributed by atoms with van der Waals surface area (Å²) in [4.78, 5) is 0. The fourth-order valence-electron chi connectivity index (χ4n) is 1.51. The van der Waals surface area contributed by atoms with Crippen molar-refractivity contribution in [3.05, 3.63) is 23.8 Å². The predicted octanol–water partition coefficient (Wildman–Crippen LogP) is 2.40. The van der Waals surface area contributed by atoms with Crippen LogP contribution in [0.5, 0.6) is 5.75 Å². The van der Waals surface area contributed by atoms with Gasteiger partial charge in [0.2, 0.25) is 0 Å². The van der Waals surface area contributed by atoms with Crippen molar-refractivity contribution < 1.29 is 9.47 Å². The Hall–Kier alpha value is -1.73. The van der Waals surface area contributed by atoms with E-state index in [0.717, 1.165) is 12.1 Å². The first-order valence-corrected chi connectivity index (χ1v) is 5.55. The van der Waals surface area contributed by atoms with Gasteiger partial charge >= 0.3 is 0 Å². The molecule has 0 saturated heterocycles. The molecule has 0 saturated carbocycles. The second-order valence-corrected chi connectivity index (χ2v) is 3.85. The van der Waals surface area contributed by atoms with Crippen molar-refractivity contribution in [1.29, 1.82) is 5.26 Å². The van der Waals surface area contributed by atoms with Gasteiger partial charge in [0.25, 0.3) is 0 Å². The van der Waals surface area contributed by atoms with Gasteiger partial charge in [-0.15, -0.1) is 0 Å². The van der Waals surface area contributed by atoms with Crippen LogP contribution < -0.4 is 10.1 Å². The largest absolute Gasteiger partial charge is 0.495 e. The highest BCUT2D eigenvalue weighted by molar-refractivity contribution is 5.59. The van der Waals surface area contributed by atoms with Gasteiger partial charge in [-0.2, -0.15) is 5.26 Å². The third-order valence-electron chi connectivity index (χ3n) is 2.49. The molecule has 0 aliphatic heterocycles. The summed E-state index contributed by atoms with van der Waals surface area (Å²) in [6.07, 6.45) is 0.916. The Morgan fingerprint density at radius 2 is 2.18 bits per heavy atom. The van der Waals surface area contributed by atoms with Crippen LogP contribution in [0.1, 0.15) is 18.9 Å². The molecule has 0 radical (unpaired) electrons. The molecule has 1 N–H and O–H groups in total. The van der Waals surface area contributed by atoms with Gasteiger partial charge < -0.3 is 14.8 Å². The van der Waals surface area contributed by atoms with Crippen LogP contribution in [0.25, 0.3) is 0 Å². The van der Waals surface area contributed by atoms with Gasteiger partial charge in [-0.05, 0) is 25.5 Å². The molecular formula is C13H18N2O2. The Kier molecular flexibility index (Phi) is 5.31. The maximum absolute atomic E-state index is 8.80. The standard InChI is InChI=1S/C13H18N2O2/c1-10(6-7-16-2)15-12-5-4-11(9-14)8-13(12)17-3/h4-5,8,10,15H,6-7H2,1-3H3. The van der Waals surface area contributed by atoms with Crippen molar-refractivity contribution in [2.24, 2.45) is 0 Å². The number of nitrogens with zero attached hydrogens (tertiary/aromatic N) is 1. The molecule has 1 aromatic carbocycles. The summed E-state index contributed by atoms with van der Waals surface area (Å²) < 4.78 is 10.3. The van der Waals surface area contributed by atoms with Gasteiger partial charge in [-0.1, -0.05) is 0 Å². The first-order valence-electron chi connectivity index (χ1n) is 5.55. The van der Waals surface area contributed by atoms with E-state index in [0.29, 0.717) is 17.9 Å². The minimum Gasteiger partial charge on any atom is -0.495 e. The number of hydrogen-bond donors (Lipinski definition) is 1. The lowest BCUT2D eigenvalue weighted by Crippen LogP contribution is -2.17. The number of methoxy groups -OCH3 is 2. The van der Waals surface area contributed by atoms with Crippen LogP contribution in [0.2, 0.25) is 0 Å². The summed E-state index contributed by atoms with van der Waals surface area (Å²) in [6.45, 7) is 2.80. The highest BCUT2D eigenvalue weighted by Crippen LogP contribution is 2.26. The highest BCUT2D eigenvalue weighted by atomic mass is 16.5. The zero-order valence-corrected chi connectivity index (χ0v) is 10.5. The zero-order chi connectivity index (χ0) is 12.7. The van der Waals surface area contributed by atoms with Crippen LogP contribution in [-0.4, -0.2) is 26.9 Å². The average molecular weight is 234 g/mol. The van der Waals surface area contributed by atoms with E-state index in [1.807, 2.05) is 6.07 Å². The van der Waals surface area contributed by atoms with Gasteiger partial charge in [0.05, 0.1) is 24.4 Å². The van der Waals surface area contributed by atoms with Crippen molar-refractivity contribution in [2.45, 2.75) is 19.4 Å². The van der Waals surface area contributed by atoms with E-state index in [9.17, 15) is 0 Å². The smallest absolute Gasteiger partial charge is 0.143 e. The maximum atomic E-state index is 8.80. The number of anilines is 1. The molecule has 0 fully saturated rings. The predicted molar refractivity (Wildman–Crippen MR) is 67.3 cm³/mol. The van der Waals surface area contributed by atoms with Crippen molar-refractivity contribution in [1.82, 2.24) is 0 Å². The van der Waals surface area contributed by atoms with E-state index in [1.54, 1.807) is 26.4 Å². The first kappa shape index (κ1) is 13.3. The van der Waals surface area contributed by atoms with Crippen LogP contribution in [-0.2, 0) is 4.74 Å². The van der Waals surface area contributed by atoms with Crippen molar-refractivity contribution >= 4 is 5.69 Å². The molecule has 1 atom stereocenters. The molecule has 1 aromatic rings. The molecule has 1 rings (SSSR count). The molecule has 4 nitrogen and oxygen atoms in total. The molecule has 92 valence electrons. The van der Waals surface area contributed by atoms with Crippen molar-refractivity contribution in [3.8, 4) is 11.8 Å². The van der Waals surface area contributed by atoms with Gasteiger partial charge in [-0.25, -0.2) is 0 Å². The average Bonchev–Trinajstić information content (AvgIpc) is 2.36. The van der Waals surface area contributed by atoms with Gasteiger partial charge in [-0.3, -0.25) is 0 Å². The number of rotatable bonds is 6. The van der Waals surface area contributed by atoms with Gasteiger partial charge in [0.1, 0.15) is 5.75 Å². The van der Waals surface area contributed by atoms with Crippen LogP contribution in [0.15, 0.2) is 18.2 Å². The maximum Gasteiger partial charge on any atom is 0.143 e. The van der Waals surface area contributed by atoms with E-state index < -0.39 is 0 Å². The Bertz CT molecular complexity index is 399. The third-order valence-corrected chi connectivity index (χ3v) is 2.49. The number of ether oxygens (including phenoxy) is 2. The van der Waals surface area contributed by atoms with E-state index >= 15 is 0 Å². The summed E-state index contributed by atoms with van der Waals surface area (Å²) in [6, 6.07) is 7.74. The SMILES string of the molecule is COCCC(C)Nc1ccc(C#N)cc1OC. The fourth-order valence-corrected chi connectivity index (χ4v) is 1.51. The summed E-state index contributed by atoms with van der Waals surface area (Å²) in [5.41, 5.74) is 1.49. The van der Waals surface area contributed by atoms with E-state index in [2.05, 4.69) is 18.3 Å². The minimum atomic E-state index is 0.289. The monoisotopic (exact) mass is 234 g/mol. The Morgan fingerprint density at radius 3 is 2.76 bits per heavy atom. The lowest BCUT2D eigenvalue weighted by Gasteiger charge is -2.17. The molecule has 0 bridgehead atoms. The molecule has 0 aliphatic carbocycles. The molecular weight excluding hydrogens is 216 g/mol. The number of nitriles is 1. The minimum absolute atomic E-state index is 0.289. The van der Waals surface area contributed by atoms with E-state index in [4.69, 9.17) is 14.7 Å². The summed E-state index contributed by atoms with van der Waals surface area (Å²) in [7, 11) is 3.29. The number of hydrogen-bond acceptors (Lipinski definition) is 4. The molecule has 0 heterocycles. The van der Waals surface area contributed by atoms with E-state index in [1.165, 1.54) is 0 Å². The topological polar surface area (TPSA) is 54.3 Å². The Labute approximate surface area is 102 Å². The zero-order valence-electron chi connectivity index (χ0n) is 10.5. The highest BCUT2D eigenvalue weighted by Gasteiger charge is 2.07. The Morgan fingerprint density at radius 1 is 1.41 bits per heavy atom. The van der Waals surface area contributed by atoms with E-state index in [-0.39, 0.29) is 6.04 Å². The molecule has 0 spiro atoms. The number of benzene rings is 1. The molecule has 0 aromatic heterocycles. The van der Waals surface area contributed by atoms with Gasteiger partial charge in [0.15, 0.2) is 0 Å². The van der Waals surface area contributed by atoms with Crippen LogP contribution >= 0.6 is 0 Å². The summed E-state index contributed by atoms with van der Waals surface area (Å²) in [5.74, 6) is 0.688. The molecule has 0 aliphatic rings. The second kappa shape index (κ2) is 6.77. The molecule has 0 amide bonds. The number of nitrogens with one attached hydrogen (secondary N) is 1. The molecule has 1 unspecified atom stereocenters. The second-order valence-electron chi connectivity index (χ2n) is 3.85. The van der Waals surface area contributed by atoms with Crippen LogP contribution in [0.3, 0.4) is 0 Å². The van der Waals surface area contributed by atoms with Crippen LogP contribution in [0.4, 0.5) is 5.69 Å². The molecule has 4 heteroatoms. The quantitative estimate of drug-likeness (QED) is 0.821. The van der Waals surface area contributed by atoms with Gasteiger partial charge in [0, 0.05) is 25.8 Å². The lowest BCUT2D eigenvalue weighted by atomic mass is 10.1. The van der Waals surface area contributed by atoms with Crippen LogP contribution in [0, 0.1) is 11.3 Å². The summed E-state index contributed by atoms with van der Waals surface area (Å²) >= 11 is 0. The molecule has 17 heavy (non-hydrogen) atoms. The summed E-state index contributed by atoms with van der Waals surface area (Å²) in [5, 5.41) is 12.1. The third kappa shape index (κ3) is 3.97. The fraction of sp³-hybridized carbons (Fsp3) is 0.462.